The van der Waals surface area contributed by atoms with Crippen LogP contribution in [0.4, 0.5) is 10.1 Å². The van der Waals surface area contributed by atoms with Gasteiger partial charge in [0.25, 0.3) is 0 Å². The van der Waals surface area contributed by atoms with E-state index in [1.54, 1.807) is 12.1 Å². The maximum atomic E-state index is 13.4. The highest BCUT2D eigenvalue weighted by Gasteiger charge is 2.42. The number of benzene rings is 1. The third-order valence-corrected chi connectivity index (χ3v) is 3.95. The van der Waals surface area contributed by atoms with Crippen LogP contribution in [0.2, 0.25) is 0 Å². The third kappa shape index (κ3) is 1.34. The number of anilines is 1. The molecule has 2 aliphatic heterocycles. The van der Waals surface area contributed by atoms with Crippen molar-refractivity contribution in [3.8, 4) is 0 Å². The molecule has 0 radical (unpaired) electrons. The lowest BCUT2D eigenvalue weighted by molar-refractivity contribution is 0.331. The molecular weight excluding hydrogens is 203 g/mol. The second kappa shape index (κ2) is 3.45. The molecule has 0 bridgehead atoms. The zero-order chi connectivity index (χ0) is 11.2. The molecule has 2 aliphatic rings. The van der Waals surface area contributed by atoms with Gasteiger partial charge in [0.05, 0.1) is 0 Å². The summed E-state index contributed by atoms with van der Waals surface area (Å²) < 4.78 is 13.4. The summed E-state index contributed by atoms with van der Waals surface area (Å²) in [6.07, 6.45) is 2.35. The first-order valence-corrected chi connectivity index (χ1v) is 5.93. The molecular formula is C13H17FN2. The van der Waals surface area contributed by atoms with Crippen LogP contribution in [0.25, 0.3) is 0 Å². The molecule has 0 aliphatic carbocycles. The molecule has 1 aromatic rings. The van der Waals surface area contributed by atoms with E-state index in [0.29, 0.717) is 0 Å². The van der Waals surface area contributed by atoms with Crippen molar-refractivity contribution in [2.24, 2.45) is 0 Å². The molecule has 1 saturated heterocycles. The molecule has 1 fully saturated rings. The van der Waals surface area contributed by atoms with Crippen LogP contribution in [0.15, 0.2) is 18.2 Å². The molecule has 16 heavy (non-hydrogen) atoms. The highest BCUT2D eigenvalue weighted by molar-refractivity contribution is 5.62. The second-order valence-corrected chi connectivity index (χ2v) is 5.08. The number of fused-ring (bicyclic) bond motifs is 2. The first kappa shape index (κ1) is 10.1. The Morgan fingerprint density at radius 3 is 3.06 bits per heavy atom. The maximum Gasteiger partial charge on any atom is 0.123 e. The normalized spacial score (nSPS) is 28.5. The molecule has 2 heterocycles. The van der Waals surface area contributed by atoms with E-state index in [1.165, 1.54) is 24.1 Å². The van der Waals surface area contributed by atoms with Crippen molar-refractivity contribution in [1.82, 2.24) is 5.32 Å². The highest BCUT2D eigenvalue weighted by atomic mass is 19.1. The van der Waals surface area contributed by atoms with Crippen LogP contribution in [0.5, 0.6) is 0 Å². The largest absolute Gasteiger partial charge is 0.373 e. The second-order valence-electron chi connectivity index (χ2n) is 5.08. The minimum atomic E-state index is -0.112. The molecule has 0 saturated carbocycles. The fourth-order valence-corrected chi connectivity index (χ4v) is 3.22. The maximum absolute atomic E-state index is 13.4. The molecule has 1 N–H and O–H groups in total. The SMILES string of the molecule is CN1C[C@@]2(CCCNC2)c2cc(F)ccc21. The van der Waals surface area contributed by atoms with Crippen molar-refractivity contribution < 1.29 is 4.39 Å². The molecule has 1 spiro atoms. The van der Waals surface area contributed by atoms with Crippen molar-refractivity contribution in [2.45, 2.75) is 18.3 Å². The van der Waals surface area contributed by atoms with Gasteiger partial charge in [-0.15, -0.1) is 0 Å². The molecule has 0 amide bonds. The van der Waals surface area contributed by atoms with Crippen LogP contribution < -0.4 is 10.2 Å². The summed E-state index contributed by atoms with van der Waals surface area (Å²) in [5.74, 6) is -0.112. The van der Waals surface area contributed by atoms with Crippen molar-refractivity contribution in [3.05, 3.63) is 29.6 Å². The number of halogens is 1. The van der Waals surface area contributed by atoms with E-state index >= 15 is 0 Å². The molecule has 1 atom stereocenters. The Kier molecular flexibility index (Phi) is 2.18. The van der Waals surface area contributed by atoms with Crippen LogP contribution in [-0.2, 0) is 5.41 Å². The van der Waals surface area contributed by atoms with E-state index in [4.69, 9.17) is 0 Å². The molecule has 0 aromatic heterocycles. The number of piperidine rings is 1. The van der Waals surface area contributed by atoms with Gasteiger partial charge in [-0.05, 0) is 43.1 Å². The number of likely N-dealkylation sites (N-methyl/N-ethyl adjacent to an activating group) is 1. The van der Waals surface area contributed by atoms with Gasteiger partial charge in [0.2, 0.25) is 0 Å². The number of nitrogens with one attached hydrogen (secondary N) is 1. The minimum Gasteiger partial charge on any atom is -0.373 e. The number of hydrogen-bond donors (Lipinski definition) is 1. The number of nitrogens with zero attached hydrogens (tertiary/aromatic N) is 1. The van der Waals surface area contributed by atoms with E-state index in [1.807, 2.05) is 6.07 Å². The smallest absolute Gasteiger partial charge is 0.123 e. The zero-order valence-electron chi connectivity index (χ0n) is 9.59. The van der Waals surface area contributed by atoms with Crippen LogP contribution in [-0.4, -0.2) is 26.7 Å². The lowest BCUT2D eigenvalue weighted by Gasteiger charge is -2.34. The Bertz CT molecular complexity index is 410. The Labute approximate surface area is 95.4 Å². The third-order valence-electron chi connectivity index (χ3n) is 3.95. The van der Waals surface area contributed by atoms with Crippen molar-refractivity contribution in [3.63, 3.8) is 0 Å². The summed E-state index contributed by atoms with van der Waals surface area (Å²) in [7, 11) is 2.10. The first-order valence-electron chi connectivity index (χ1n) is 5.93. The highest BCUT2D eigenvalue weighted by Crippen LogP contribution is 2.43. The topological polar surface area (TPSA) is 15.3 Å². The predicted molar refractivity (Wildman–Crippen MR) is 63.5 cm³/mol. The van der Waals surface area contributed by atoms with Gasteiger partial charge in [-0.1, -0.05) is 0 Å². The standard InChI is InChI=1S/C13H17FN2/c1-16-9-13(5-2-6-15-8-13)11-7-10(14)3-4-12(11)16/h3-4,7,15H,2,5-6,8-9H2,1H3/t13-/m0/s1. The van der Waals surface area contributed by atoms with E-state index in [9.17, 15) is 4.39 Å². The van der Waals surface area contributed by atoms with E-state index in [0.717, 1.165) is 19.6 Å². The van der Waals surface area contributed by atoms with Gasteiger partial charge in [0.15, 0.2) is 0 Å². The van der Waals surface area contributed by atoms with E-state index in [-0.39, 0.29) is 11.2 Å². The number of hydrogen-bond acceptors (Lipinski definition) is 2. The molecule has 0 unspecified atom stereocenters. The molecule has 1 aromatic carbocycles. The minimum absolute atomic E-state index is 0.112. The molecule has 2 nitrogen and oxygen atoms in total. The summed E-state index contributed by atoms with van der Waals surface area (Å²) in [4.78, 5) is 2.25. The predicted octanol–water partition coefficient (Wildman–Crippen LogP) is 1.90. The molecule has 86 valence electrons. The summed E-state index contributed by atoms with van der Waals surface area (Å²) >= 11 is 0. The summed E-state index contributed by atoms with van der Waals surface area (Å²) in [5, 5.41) is 3.45. The Balaban J connectivity index is 2.09. The van der Waals surface area contributed by atoms with Crippen LogP contribution >= 0.6 is 0 Å². The summed E-state index contributed by atoms with van der Waals surface area (Å²) in [5.41, 5.74) is 2.54. The molecule has 3 rings (SSSR count). The number of rotatable bonds is 0. The summed E-state index contributed by atoms with van der Waals surface area (Å²) in [6.45, 7) is 3.09. The monoisotopic (exact) mass is 220 g/mol. The van der Waals surface area contributed by atoms with Gasteiger partial charge < -0.3 is 10.2 Å². The quantitative estimate of drug-likeness (QED) is 0.718. The average molecular weight is 220 g/mol. The van der Waals surface area contributed by atoms with Crippen LogP contribution in [0.1, 0.15) is 18.4 Å². The average Bonchev–Trinajstić information content (AvgIpc) is 2.53. The van der Waals surface area contributed by atoms with Gasteiger partial charge in [-0.25, -0.2) is 4.39 Å². The van der Waals surface area contributed by atoms with E-state index in [2.05, 4.69) is 17.3 Å². The Morgan fingerprint density at radius 2 is 2.31 bits per heavy atom. The van der Waals surface area contributed by atoms with Crippen molar-refractivity contribution >= 4 is 5.69 Å². The fourth-order valence-electron chi connectivity index (χ4n) is 3.22. The van der Waals surface area contributed by atoms with Gasteiger partial charge in [-0.2, -0.15) is 0 Å². The fraction of sp³-hybridized carbons (Fsp3) is 0.538. The van der Waals surface area contributed by atoms with E-state index < -0.39 is 0 Å². The van der Waals surface area contributed by atoms with Gasteiger partial charge in [0, 0.05) is 31.2 Å². The zero-order valence-corrected chi connectivity index (χ0v) is 9.59. The van der Waals surface area contributed by atoms with Gasteiger partial charge in [-0.3, -0.25) is 0 Å². The summed E-state index contributed by atoms with van der Waals surface area (Å²) in [6, 6.07) is 5.20. The lowest BCUT2D eigenvalue weighted by Crippen LogP contribution is -2.45. The van der Waals surface area contributed by atoms with Crippen LogP contribution in [0.3, 0.4) is 0 Å². The Hall–Kier alpha value is -1.09. The Morgan fingerprint density at radius 1 is 1.44 bits per heavy atom. The van der Waals surface area contributed by atoms with Crippen molar-refractivity contribution in [2.75, 3.05) is 31.6 Å². The van der Waals surface area contributed by atoms with Gasteiger partial charge >= 0.3 is 0 Å². The molecule has 3 heteroatoms. The lowest BCUT2D eigenvalue weighted by atomic mass is 9.76. The van der Waals surface area contributed by atoms with Gasteiger partial charge in [0.1, 0.15) is 5.82 Å². The first-order chi connectivity index (χ1) is 7.71. The van der Waals surface area contributed by atoms with Crippen LogP contribution in [0, 0.1) is 5.82 Å². The van der Waals surface area contributed by atoms with Crippen molar-refractivity contribution in [1.29, 1.82) is 0 Å².